The lowest BCUT2D eigenvalue weighted by molar-refractivity contribution is -0.287. The van der Waals surface area contributed by atoms with Crippen LogP contribution in [-0.2, 0) is 47.7 Å². The third-order valence-electron chi connectivity index (χ3n) is 18.2. The molecule has 12 atom stereocenters. The number of amides is 3. The molecule has 3 saturated heterocycles. The van der Waals surface area contributed by atoms with Gasteiger partial charge < -0.3 is 59.2 Å². The number of hydrogen-bond acceptors (Lipinski definition) is 19. The Hall–Kier alpha value is -5.72. The van der Waals surface area contributed by atoms with E-state index in [0.29, 0.717) is 115 Å². The molecule has 476 valence electrons. The van der Waals surface area contributed by atoms with Gasteiger partial charge in [0.2, 0.25) is 11.7 Å². The summed E-state index contributed by atoms with van der Waals surface area (Å²) in [6, 6.07) is 6.06. The van der Waals surface area contributed by atoms with Crippen molar-refractivity contribution in [3.8, 4) is 0 Å². The van der Waals surface area contributed by atoms with Gasteiger partial charge in [0.15, 0.2) is 5.13 Å². The van der Waals surface area contributed by atoms with Gasteiger partial charge in [0.05, 0.1) is 47.4 Å². The summed E-state index contributed by atoms with van der Waals surface area (Å²) >= 11 is 7.52. The zero-order chi connectivity index (χ0) is 62.7. The zero-order valence-corrected chi connectivity index (χ0v) is 53.5. The molecule has 4 fully saturated rings. The molecule has 21 nitrogen and oxygen atoms in total. The molecular formula is C64H89ClN8O13S. The molecule has 0 radical (unpaired) electrons. The minimum absolute atomic E-state index is 0.0460. The van der Waals surface area contributed by atoms with Gasteiger partial charge in [-0.15, -0.1) is 0 Å². The number of ketones is 2. The summed E-state index contributed by atoms with van der Waals surface area (Å²) in [6.07, 6.45) is 8.36. The summed E-state index contributed by atoms with van der Waals surface area (Å²) in [4.78, 5) is 105. The minimum atomic E-state index is -2.50. The number of carbonyl (C=O) groups is 6. The van der Waals surface area contributed by atoms with Crippen LogP contribution < -0.4 is 15.5 Å². The van der Waals surface area contributed by atoms with Gasteiger partial charge in [-0.2, -0.15) is 0 Å². The number of carbonyl (C=O) groups excluding carboxylic acids is 6. The second kappa shape index (κ2) is 30.7. The Bertz CT molecular complexity index is 2970. The third kappa shape index (κ3) is 17.0. The van der Waals surface area contributed by atoms with Crippen molar-refractivity contribution in [3.63, 3.8) is 0 Å². The van der Waals surface area contributed by atoms with Crippen LogP contribution in [0.4, 0.5) is 22.5 Å². The molecule has 0 unspecified atom stereocenters. The topological polar surface area (TPSA) is 261 Å². The molecule has 3 aromatic rings. The summed E-state index contributed by atoms with van der Waals surface area (Å²) in [5.74, 6) is -6.57. The number of hydrogen-bond donors (Lipinski definition) is 4. The van der Waals surface area contributed by atoms with Gasteiger partial charge in [-0.25, -0.2) is 19.7 Å². The number of thiazole rings is 1. The Kier molecular flexibility index (Phi) is 23.7. The normalized spacial score (nSPS) is 30.2. The number of methoxy groups -OCH3 is 3. The maximum atomic E-state index is 14.8. The third-order valence-corrected chi connectivity index (χ3v) is 19.4. The van der Waals surface area contributed by atoms with E-state index in [4.69, 9.17) is 40.3 Å². The number of esters is 1. The Morgan fingerprint density at radius 2 is 1.67 bits per heavy atom. The highest BCUT2D eigenvalue weighted by Gasteiger charge is 2.55. The van der Waals surface area contributed by atoms with Crippen LogP contribution in [0, 0.1) is 37.5 Å². The molecule has 87 heavy (non-hydrogen) atoms. The number of fused-ring (bicyclic) bond motifs is 3. The number of aliphatic hydroxyl groups is 2. The molecular weight excluding hydrogens is 1160 g/mol. The predicted molar refractivity (Wildman–Crippen MR) is 331 cm³/mol. The Morgan fingerprint density at radius 3 is 2.39 bits per heavy atom. The fourth-order valence-corrected chi connectivity index (χ4v) is 14.0. The molecule has 1 aromatic carbocycles. The molecule has 6 heterocycles. The number of halogens is 1. The number of allylic oxidation sites excluding steroid dienone is 2. The van der Waals surface area contributed by atoms with Crippen molar-refractivity contribution < 1.29 is 62.7 Å². The summed E-state index contributed by atoms with van der Waals surface area (Å²) < 4.78 is 30.3. The Labute approximate surface area is 520 Å². The van der Waals surface area contributed by atoms with Crippen LogP contribution in [0.2, 0.25) is 5.02 Å². The lowest BCUT2D eigenvalue weighted by atomic mass is 9.82. The summed E-state index contributed by atoms with van der Waals surface area (Å²) in [5, 5.41) is 31.3. The fourth-order valence-electron chi connectivity index (χ4n) is 13.0. The van der Waals surface area contributed by atoms with E-state index in [1.54, 1.807) is 41.1 Å². The van der Waals surface area contributed by atoms with Crippen LogP contribution in [0.1, 0.15) is 145 Å². The van der Waals surface area contributed by atoms with Gasteiger partial charge in [0.25, 0.3) is 17.6 Å². The first-order valence-electron chi connectivity index (χ1n) is 30.9. The Balaban J connectivity index is 0.967. The first-order chi connectivity index (χ1) is 41.6. The van der Waals surface area contributed by atoms with Crippen LogP contribution in [-0.4, -0.2) is 173 Å². The summed E-state index contributed by atoms with van der Waals surface area (Å²) in [7, 11) is 4.83. The average Bonchev–Trinajstić information content (AvgIpc) is 1.90. The van der Waals surface area contributed by atoms with E-state index in [1.165, 1.54) is 29.5 Å². The van der Waals surface area contributed by atoms with Crippen molar-refractivity contribution in [2.75, 3.05) is 69.6 Å². The van der Waals surface area contributed by atoms with Crippen molar-refractivity contribution in [2.24, 2.45) is 23.7 Å². The Morgan fingerprint density at radius 1 is 0.908 bits per heavy atom. The van der Waals surface area contributed by atoms with E-state index in [2.05, 4.69) is 31.6 Å². The number of anilines is 4. The molecule has 4 aliphatic heterocycles. The SMILES string of the molecule is CO[C@@H]1CC[C@H]2O[C@@](O)(C(=O)C(=O)N3CCCC[C@H]3C(=O)O[C@H](/C(C)=C/[C@@H]3CCC[C@H](OC)C3)[C@H](C)[C@@H](O)CC(=O)[C@H](CCCC(=O)N3CCN(c4cc(Nc5ncc(C(=O)Nc6c(C)cccc6Cl)s5)nc(C)n4)CC3)/C=C(\C)C1)[C@H](C)C[C@@H]2OC. The van der Waals surface area contributed by atoms with Crippen molar-refractivity contribution in [1.82, 2.24) is 24.8 Å². The van der Waals surface area contributed by atoms with Gasteiger partial charge in [0.1, 0.15) is 40.3 Å². The molecule has 8 rings (SSSR count). The fraction of sp³-hybridized carbons (Fsp3) is 0.641. The molecule has 2 aromatic heterocycles. The maximum absolute atomic E-state index is 14.8. The number of nitrogens with zero attached hydrogens (tertiary/aromatic N) is 6. The lowest BCUT2D eigenvalue weighted by Gasteiger charge is -2.45. The van der Waals surface area contributed by atoms with E-state index < -0.39 is 71.7 Å². The molecule has 4 N–H and O–H groups in total. The number of rotatable bonds is 14. The second-order valence-corrected chi connectivity index (χ2v) is 25.9. The molecule has 1 saturated carbocycles. The number of para-hydroxylation sites is 1. The standard InChI is InChI=1S/C64H89ClN8O13S/c1-37-29-44(17-14-21-56(76)72-27-25-71(26-28-72)55-35-54(67-42(6)68-55)69-63-66-36-53(87-63)60(78)70-57-38(2)15-12-19-47(57)65)50(75)34-49(74)41(5)58(39(3)31-43-16-13-18-45(33-43)82-7)85-62(80)48-20-10-11-24-73(48)61(79)59(77)64(81)40(4)32-52(84-9)51(86-64)23-22-46(30-37)83-8/h12,15,19,29,31,35-36,40-41,43-46,48-49,51-52,58,74,81H,10-11,13-14,16-18,20-28,30,32-34H2,1-9H3,(H,70,78)(H,66,67,68,69)/b37-29+,39-31+/t40-,41-,43+,44-,45+,46-,48+,49+,51-,52+,58-,64-/m1/s1. The number of piperazine rings is 1. The van der Waals surface area contributed by atoms with Gasteiger partial charge in [-0.1, -0.05) is 73.1 Å². The van der Waals surface area contributed by atoms with Crippen LogP contribution in [0.25, 0.3) is 0 Å². The second-order valence-electron chi connectivity index (χ2n) is 24.5. The summed E-state index contributed by atoms with van der Waals surface area (Å²) in [5.41, 5.74) is 2.91. The van der Waals surface area contributed by atoms with E-state index in [-0.39, 0.29) is 68.0 Å². The molecule has 2 bridgehead atoms. The van der Waals surface area contributed by atoms with Crippen molar-refractivity contribution >= 4 is 80.6 Å². The number of cyclic esters (lactones) is 1. The molecule has 3 amide bonds. The monoisotopic (exact) mass is 1240 g/mol. The summed E-state index contributed by atoms with van der Waals surface area (Å²) in [6.45, 7) is 12.8. The zero-order valence-electron chi connectivity index (χ0n) is 51.9. The number of piperidine rings is 1. The molecule has 0 spiro atoms. The maximum Gasteiger partial charge on any atom is 0.329 e. The highest BCUT2D eigenvalue weighted by Crippen LogP contribution is 2.39. The number of nitrogens with one attached hydrogen (secondary N) is 2. The number of aliphatic hydroxyl groups excluding tert-OH is 1. The minimum Gasteiger partial charge on any atom is -0.456 e. The molecule has 1 aliphatic carbocycles. The van der Waals surface area contributed by atoms with Gasteiger partial charge in [-0.05, 0) is 128 Å². The first-order valence-corrected chi connectivity index (χ1v) is 32.1. The highest BCUT2D eigenvalue weighted by atomic mass is 35.5. The number of Topliss-reactive ketones (excluding diaryl/α,β-unsaturated/α-hetero) is 2. The van der Waals surface area contributed by atoms with Gasteiger partial charge in [-0.3, -0.25) is 24.0 Å². The molecule has 5 aliphatic rings. The number of ether oxygens (including phenoxy) is 5. The van der Waals surface area contributed by atoms with Crippen LogP contribution >= 0.6 is 22.9 Å². The smallest absolute Gasteiger partial charge is 0.329 e. The van der Waals surface area contributed by atoms with E-state index in [0.717, 1.165) is 36.8 Å². The van der Waals surface area contributed by atoms with Gasteiger partial charge in [0, 0.05) is 90.7 Å². The van der Waals surface area contributed by atoms with E-state index in [1.807, 2.05) is 49.9 Å². The van der Waals surface area contributed by atoms with E-state index >= 15 is 0 Å². The van der Waals surface area contributed by atoms with Crippen molar-refractivity contribution in [3.05, 3.63) is 75.0 Å². The first kappa shape index (κ1) is 67.2. The van der Waals surface area contributed by atoms with Crippen LogP contribution in [0.5, 0.6) is 0 Å². The number of aromatic nitrogens is 3. The van der Waals surface area contributed by atoms with Gasteiger partial charge >= 0.3 is 5.97 Å². The predicted octanol–water partition coefficient (Wildman–Crippen LogP) is 8.88. The number of aryl methyl sites for hydroxylation is 2. The van der Waals surface area contributed by atoms with Crippen molar-refractivity contribution in [2.45, 2.75) is 186 Å². The van der Waals surface area contributed by atoms with Crippen LogP contribution in [0.3, 0.4) is 0 Å². The number of benzene rings is 1. The van der Waals surface area contributed by atoms with Crippen LogP contribution in [0.15, 0.2) is 53.8 Å². The quantitative estimate of drug-likeness (QED) is 0.0667. The average molecular weight is 1250 g/mol. The van der Waals surface area contributed by atoms with Crippen molar-refractivity contribution in [1.29, 1.82) is 0 Å². The molecule has 23 heteroatoms. The van der Waals surface area contributed by atoms with E-state index in [9.17, 15) is 39.0 Å². The lowest BCUT2D eigenvalue weighted by Crippen LogP contribution is -2.63. The highest BCUT2D eigenvalue weighted by molar-refractivity contribution is 7.17. The largest absolute Gasteiger partial charge is 0.456 e.